The van der Waals surface area contributed by atoms with Crippen LogP contribution < -0.4 is 5.32 Å². The summed E-state index contributed by atoms with van der Waals surface area (Å²) < 4.78 is 12.9. The Morgan fingerprint density at radius 1 is 1.53 bits per heavy atom. The first-order valence-corrected chi connectivity index (χ1v) is 5.22. The molecule has 1 unspecified atom stereocenters. The highest BCUT2D eigenvalue weighted by molar-refractivity contribution is 5.94. The van der Waals surface area contributed by atoms with Crippen molar-refractivity contribution in [3.8, 4) is 0 Å². The van der Waals surface area contributed by atoms with Gasteiger partial charge in [0.2, 0.25) is 0 Å². The van der Waals surface area contributed by atoms with Gasteiger partial charge in [0.15, 0.2) is 0 Å². The van der Waals surface area contributed by atoms with E-state index in [2.05, 4.69) is 15.3 Å². The molecule has 0 aliphatic rings. The summed E-state index contributed by atoms with van der Waals surface area (Å²) >= 11 is 0. The Morgan fingerprint density at radius 3 is 3.00 bits per heavy atom. The summed E-state index contributed by atoms with van der Waals surface area (Å²) in [7, 11) is 0. The first kappa shape index (κ1) is 11.3. The van der Waals surface area contributed by atoms with Crippen LogP contribution in [0, 0.1) is 5.82 Å². The van der Waals surface area contributed by atoms with Gasteiger partial charge in [0, 0.05) is 18.0 Å². The van der Waals surface area contributed by atoms with E-state index in [0.29, 0.717) is 11.4 Å². The third-order valence-electron chi connectivity index (χ3n) is 2.36. The minimum Gasteiger partial charge on any atom is -0.347 e. The van der Waals surface area contributed by atoms with Gasteiger partial charge in [-0.15, -0.1) is 0 Å². The third-order valence-corrected chi connectivity index (χ3v) is 2.36. The van der Waals surface area contributed by atoms with Crippen molar-refractivity contribution in [3.05, 3.63) is 53.9 Å². The standard InChI is InChI=1S/C12H12FN3O/c1-8(11-14-5-6-15-11)16-12(17)9-3-2-4-10(13)7-9/h2-8H,1H3,(H,14,15)(H,16,17). The zero-order valence-electron chi connectivity index (χ0n) is 9.27. The van der Waals surface area contributed by atoms with Gasteiger partial charge in [-0.1, -0.05) is 6.07 Å². The summed E-state index contributed by atoms with van der Waals surface area (Å²) in [5, 5.41) is 2.73. The van der Waals surface area contributed by atoms with Gasteiger partial charge >= 0.3 is 0 Å². The number of benzene rings is 1. The smallest absolute Gasteiger partial charge is 0.251 e. The van der Waals surface area contributed by atoms with E-state index in [4.69, 9.17) is 0 Å². The number of rotatable bonds is 3. The monoisotopic (exact) mass is 233 g/mol. The number of imidazole rings is 1. The molecule has 17 heavy (non-hydrogen) atoms. The van der Waals surface area contributed by atoms with Gasteiger partial charge in [-0.2, -0.15) is 0 Å². The molecular weight excluding hydrogens is 221 g/mol. The van der Waals surface area contributed by atoms with E-state index in [0.717, 1.165) is 0 Å². The van der Waals surface area contributed by atoms with Crippen molar-refractivity contribution < 1.29 is 9.18 Å². The Hall–Kier alpha value is -2.17. The second kappa shape index (κ2) is 4.78. The third kappa shape index (κ3) is 2.69. The SMILES string of the molecule is CC(NC(=O)c1cccc(F)c1)c1ncc[nH]1. The molecule has 5 heteroatoms. The van der Waals surface area contributed by atoms with Gasteiger partial charge < -0.3 is 10.3 Å². The molecule has 2 N–H and O–H groups in total. The van der Waals surface area contributed by atoms with Gasteiger partial charge in [-0.05, 0) is 25.1 Å². The molecule has 88 valence electrons. The molecule has 0 saturated heterocycles. The number of carbonyl (C=O) groups is 1. The van der Waals surface area contributed by atoms with Crippen LogP contribution in [0.15, 0.2) is 36.7 Å². The van der Waals surface area contributed by atoms with Gasteiger partial charge in [0.1, 0.15) is 11.6 Å². The summed E-state index contributed by atoms with van der Waals surface area (Å²) in [4.78, 5) is 18.7. The Labute approximate surface area is 97.9 Å². The number of hydrogen-bond donors (Lipinski definition) is 2. The highest BCUT2D eigenvalue weighted by Gasteiger charge is 2.13. The second-order valence-electron chi connectivity index (χ2n) is 3.68. The largest absolute Gasteiger partial charge is 0.347 e. The van der Waals surface area contributed by atoms with Crippen molar-refractivity contribution in [1.29, 1.82) is 0 Å². The molecule has 1 aromatic carbocycles. The van der Waals surface area contributed by atoms with Crippen LogP contribution in [0.4, 0.5) is 4.39 Å². The second-order valence-corrected chi connectivity index (χ2v) is 3.68. The van der Waals surface area contributed by atoms with Crippen LogP contribution in [0.5, 0.6) is 0 Å². The topological polar surface area (TPSA) is 57.8 Å². The summed E-state index contributed by atoms with van der Waals surface area (Å²) in [5.74, 6) is -0.0912. The maximum Gasteiger partial charge on any atom is 0.251 e. The van der Waals surface area contributed by atoms with Gasteiger partial charge in [0.25, 0.3) is 5.91 Å². The number of aromatic nitrogens is 2. The Bertz CT molecular complexity index is 510. The van der Waals surface area contributed by atoms with E-state index in [1.54, 1.807) is 25.4 Å². The maximum absolute atomic E-state index is 12.9. The number of amides is 1. The molecular formula is C12H12FN3O. The molecule has 0 bridgehead atoms. The molecule has 0 aliphatic heterocycles. The van der Waals surface area contributed by atoms with Crippen molar-refractivity contribution >= 4 is 5.91 Å². The van der Waals surface area contributed by atoms with Crippen molar-refractivity contribution in [2.45, 2.75) is 13.0 Å². The lowest BCUT2D eigenvalue weighted by Gasteiger charge is -2.11. The van der Waals surface area contributed by atoms with Crippen molar-refractivity contribution in [2.75, 3.05) is 0 Å². The van der Waals surface area contributed by atoms with Crippen LogP contribution in [0.3, 0.4) is 0 Å². The molecule has 0 spiro atoms. The number of hydrogen-bond acceptors (Lipinski definition) is 2. The number of aromatic amines is 1. The summed E-state index contributed by atoms with van der Waals surface area (Å²) in [6.45, 7) is 1.80. The van der Waals surface area contributed by atoms with Crippen LogP contribution >= 0.6 is 0 Å². The number of H-pyrrole nitrogens is 1. The Kier molecular flexibility index (Phi) is 3.18. The van der Waals surface area contributed by atoms with Gasteiger partial charge in [-0.3, -0.25) is 4.79 Å². The fourth-order valence-electron chi connectivity index (χ4n) is 1.49. The Balaban J connectivity index is 2.07. The van der Waals surface area contributed by atoms with Crippen molar-refractivity contribution in [2.24, 2.45) is 0 Å². The molecule has 0 aliphatic carbocycles. The molecule has 1 atom stereocenters. The molecule has 4 nitrogen and oxygen atoms in total. The minimum absolute atomic E-state index is 0.249. The Morgan fingerprint density at radius 2 is 2.35 bits per heavy atom. The average Bonchev–Trinajstić information content (AvgIpc) is 2.82. The van der Waals surface area contributed by atoms with Crippen LogP contribution in [0.25, 0.3) is 0 Å². The van der Waals surface area contributed by atoms with Crippen LogP contribution in [-0.4, -0.2) is 15.9 Å². The fraction of sp³-hybridized carbons (Fsp3) is 0.167. The zero-order chi connectivity index (χ0) is 12.3. The molecule has 0 fully saturated rings. The summed E-state index contributed by atoms with van der Waals surface area (Å²) in [5.41, 5.74) is 0.295. The quantitative estimate of drug-likeness (QED) is 0.852. The number of nitrogens with zero attached hydrogens (tertiary/aromatic N) is 1. The van der Waals surface area contributed by atoms with E-state index in [9.17, 15) is 9.18 Å². The lowest BCUT2D eigenvalue weighted by atomic mass is 10.2. The van der Waals surface area contributed by atoms with Crippen molar-refractivity contribution in [1.82, 2.24) is 15.3 Å². The first-order valence-electron chi connectivity index (χ1n) is 5.22. The van der Waals surface area contributed by atoms with Gasteiger partial charge in [-0.25, -0.2) is 9.37 Å². The zero-order valence-corrected chi connectivity index (χ0v) is 9.27. The summed E-state index contributed by atoms with van der Waals surface area (Å²) in [6, 6.07) is 5.31. The fourth-order valence-corrected chi connectivity index (χ4v) is 1.49. The molecule has 0 saturated carbocycles. The molecule has 0 radical (unpaired) electrons. The first-order chi connectivity index (χ1) is 8.16. The number of nitrogens with one attached hydrogen (secondary N) is 2. The average molecular weight is 233 g/mol. The highest BCUT2D eigenvalue weighted by atomic mass is 19.1. The lowest BCUT2D eigenvalue weighted by Crippen LogP contribution is -2.27. The van der Waals surface area contributed by atoms with Crippen molar-refractivity contribution in [3.63, 3.8) is 0 Å². The molecule has 1 heterocycles. The molecule has 2 rings (SSSR count). The summed E-state index contributed by atoms with van der Waals surface area (Å²) in [6.07, 6.45) is 3.29. The molecule has 2 aromatic rings. The minimum atomic E-state index is -0.427. The maximum atomic E-state index is 12.9. The van der Waals surface area contributed by atoms with Gasteiger partial charge in [0.05, 0.1) is 6.04 Å². The molecule has 1 amide bonds. The van der Waals surface area contributed by atoms with E-state index < -0.39 is 5.82 Å². The predicted octanol–water partition coefficient (Wildman–Crippen LogP) is 2.04. The normalized spacial score (nSPS) is 12.1. The van der Waals surface area contributed by atoms with Crippen LogP contribution in [-0.2, 0) is 0 Å². The highest BCUT2D eigenvalue weighted by Crippen LogP contribution is 2.08. The predicted molar refractivity (Wildman–Crippen MR) is 60.9 cm³/mol. The van der Waals surface area contributed by atoms with Crippen LogP contribution in [0.2, 0.25) is 0 Å². The van der Waals surface area contributed by atoms with E-state index >= 15 is 0 Å². The lowest BCUT2D eigenvalue weighted by molar-refractivity contribution is 0.0938. The number of carbonyl (C=O) groups excluding carboxylic acids is 1. The van der Waals surface area contributed by atoms with Crippen LogP contribution in [0.1, 0.15) is 29.1 Å². The molecule has 1 aromatic heterocycles. The van der Waals surface area contributed by atoms with E-state index in [1.165, 1.54) is 18.2 Å². The van der Waals surface area contributed by atoms with E-state index in [-0.39, 0.29) is 11.9 Å². The number of halogens is 1. The van der Waals surface area contributed by atoms with E-state index in [1.807, 2.05) is 0 Å².